The first-order valence-corrected chi connectivity index (χ1v) is 10.7. The molecule has 160 valence electrons. The van der Waals surface area contributed by atoms with Crippen LogP contribution in [0.3, 0.4) is 0 Å². The second-order valence-corrected chi connectivity index (χ2v) is 8.66. The lowest BCUT2D eigenvalue weighted by molar-refractivity contribution is 0.0696. The molecule has 1 saturated carbocycles. The van der Waals surface area contributed by atoms with Crippen molar-refractivity contribution < 1.29 is 24.2 Å². The van der Waals surface area contributed by atoms with Gasteiger partial charge < -0.3 is 14.6 Å². The van der Waals surface area contributed by atoms with E-state index in [0.29, 0.717) is 18.0 Å². The molecular formula is C26H21NO5. The van der Waals surface area contributed by atoms with Gasteiger partial charge in [-0.15, -0.1) is 0 Å². The Balaban J connectivity index is 1.29. The number of benzene rings is 3. The van der Waals surface area contributed by atoms with Gasteiger partial charge in [0.15, 0.2) is 0 Å². The quantitative estimate of drug-likeness (QED) is 0.632. The van der Waals surface area contributed by atoms with Gasteiger partial charge in [-0.1, -0.05) is 48.5 Å². The second kappa shape index (κ2) is 6.85. The normalized spacial score (nSPS) is 17.2. The number of carboxylic acid groups (broad SMARTS) is 1. The number of aromatic carboxylic acids is 1. The lowest BCUT2D eigenvalue weighted by Crippen LogP contribution is -2.45. The molecule has 1 fully saturated rings. The molecule has 6 nitrogen and oxygen atoms in total. The molecule has 2 aliphatic carbocycles. The highest BCUT2D eigenvalue weighted by Gasteiger charge is 2.52. The maximum atomic E-state index is 13.2. The van der Waals surface area contributed by atoms with E-state index < -0.39 is 12.1 Å². The van der Waals surface area contributed by atoms with E-state index in [1.54, 1.807) is 6.07 Å². The van der Waals surface area contributed by atoms with Crippen LogP contribution in [0.2, 0.25) is 0 Å². The number of rotatable bonds is 3. The van der Waals surface area contributed by atoms with Crippen molar-refractivity contribution in [3.05, 3.63) is 83.4 Å². The van der Waals surface area contributed by atoms with Gasteiger partial charge in [-0.3, -0.25) is 4.90 Å². The zero-order valence-electron chi connectivity index (χ0n) is 17.3. The largest absolute Gasteiger partial charge is 0.483 e. The van der Waals surface area contributed by atoms with Gasteiger partial charge in [-0.05, 0) is 53.3 Å². The van der Waals surface area contributed by atoms with Gasteiger partial charge in [0.05, 0.1) is 17.8 Å². The number of fused-ring (bicyclic) bond motifs is 4. The molecule has 0 bridgehead atoms. The number of hydrogen-bond donors (Lipinski definition) is 1. The highest BCUT2D eigenvalue weighted by molar-refractivity contribution is 5.95. The van der Waals surface area contributed by atoms with Gasteiger partial charge in [0.2, 0.25) is 0 Å². The molecule has 0 unspecified atom stereocenters. The predicted octanol–water partition coefficient (Wildman–Crippen LogP) is 5.07. The maximum Gasteiger partial charge on any atom is 0.414 e. The minimum atomic E-state index is -1.05. The van der Waals surface area contributed by atoms with Crippen molar-refractivity contribution in [2.24, 2.45) is 0 Å². The summed E-state index contributed by atoms with van der Waals surface area (Å²) in [5, 5.41) is 9.38. The van der Waals surface area contributed by atoms with E-state index in [4.69, 9.17) is 9.47 Å². The van der Waals surface area contributed by atoms with Crippen LogP contribution in [0.1, 0.15) is 40.2 Å². The lowest BCUT2D eigenvalue weighted by atomic mass is 9.98. The van der Waals surface area contributed by atoms with Crippen LogP contribution in [0.15, 0.2) is 66.7 Å². The van der Waals surface area contributed by atoms with Crippen molar-refractivity contribution in [3.63, 3.8) is 0 Å². The summed E-state index contributed by atoms with van der Waals surface area (Å²) in [6.07, 6.45) is 1.24. The lowest BCUT2D eigenvalue weighted by Gasteiger charge is -2.35. The Kier molecular flexibility index (Phi) is 4.05. The Bertz CT molecular complexity index is 1220. The van der Waals surface area contributed by atoms with Crippen LogP contribution in [-0.2, 0) is 4.74 Å². The molecule has 0 atom stereocenters. The number of carbonyl (C=O) groups excluding carboxylic acids is 1. The third-order valence-electron chi connectivity index (χ3n) is 6.63. The smallest absolute Gasteiger partial charge is 0.414 e. The summed E-state index contributed by atoms with van der Waals surface area (Å²) < 4.78 is 11.9. The molecule has 32 heavy (non-hydrogen) atoms. The Labute approximate surface area is 185 Å². The van der Waals surface area contributed by atoms with Gasteiger partial charge in [-0.25, -0.2) is 9.59 Å². The molecule has 0 saturated heterocycles. The van der Waals surface area contributed by atoms with E-state index in [0.717, 1.165) is 24.0 Å². The zero-order valence-corrected chi connectivity index (χ0v) is 17.3. The van der Waals surface area contributed by atoms with Gasteiger partial charge in [0.1, 0.15) is 18.0 Å². The summed E-state index contributed by atoms with van der Waals surface area (Å²) in [5.74, 6) is -0.564. The van der Waals surface area contributed by atoms with E-state index in [1.807, 2.05) is 24.3 Å². The fraction of sp³-hybridized carbons (Fsp3) is 0.231. The minimum Gasteiger partial charge on any atom is -0.483 e. The standard InChI is InChI=1S/C26H21NO5/c28-24(29)16-9-10-23-22(13-16)27(15-26(32-23)11-12-26)25(30)31-14-21-19-7-3-1-5-17(19)18-6-2-4-8-20(18)21/h1-10,13,21H,11-12,14-15H2,(H,28,29). The summed E-state index contributed by atoms with van der Waals surface area (Å²) >= 11 is 0. The Hall–Kier alpha value is -3.80. The van der Waals surface area contributed by atoms with E-state index in [9.17, 15) is 14.7 Å². The van der Waals surface area contributed by atoms with Crippen molar-refractivity contribution in [2.75, 3.05) is 18.1 Å². The zero-order chi connectivity index (χ0) is 21.9. The maximum absolute atomic E-state index is 13.2. The molecule has 1 amide bonds. The number of anilines is 1. The van der Waals surface area contributed by atoms with Crippen LogP contribution in [-0.4, -0.2) is 35.9 Å². The third kappa shape index (κ3) is 2.94. The highest BCUT2D eigenvalue weighted by atomic mass is 16.6. The number of hydrogen-bond acceptors (Lipinski definition) is 4. The van der Waals surface area contributed by atoms with Crippen molar-refractivity contribution in [2.45, 2.75) is 24.4 Å². The van der Waals surface area contributed by atoms with Crippen molar-refractivity contribution in [3.8, 4) is 16.9 Å². The van der Waals surface area contributed by atoms with Crippen molar-refractivity contribution in [1.82, 2.24) is 0 Å². The van der Waals surface area contributed by atoms with Crippen molar-refractivity contribution >= 4 is 17.7 Å². The van der Waals surface area contributed by atoms with E-state index in [-0.39, 0.29) is 23.7 Å². The first-order chi connectivity index (χ1) is 15.5. The van der Waals surface area contributed by atoms with Crippen LogP contribution in [0, 0.1) is 0 Å². The Morgan fingerprint density at radius 2 is 1.66 bits per heavy atom. The molecule has 1 heterocycles. The summed E-state index contributed by atoms with van der Waals surface area (Å²) in [7, 11) is 0. The topological polar surface area (TPSA) is 76.1 Å². The van der Waals surface area contributed by atoms with Crippen LogP contribution in [0.4, 0.5) is 10.5 Å². The molecule has 6 heteroatoms. The SMILES string of the molecule is O=C(O)c1ccc2c(c1)N(C(=O)OCC1c3ccccc3-c3ccccc31)CC1(CC1)O2. The van der Waals surface area contributed by atoms with Crippen LogP contribution in [0.25, 0.3) is 11.1 Å². The Morgan fingerprint density at radius 3 is 2.28 bits per heavy atom. The van der Waals surface area contributed by atoms with Gasteiger partial charge in [0, 0.05) is 5.92 Å². The molecule has 3 aliphatic rings. The average molecular weight is 427 g/mol. The number of carbonyl (C=O) groups is 2. The molecule has 0 aromatic heterocycles. The third-order valence-corrected chi connectivity index (χ3v) is 6.63. The Morgan fingerprint density at radius 1 is 1.00 bits per heavy atom. The van der Waals surface area contributed by atoms with E-state index in [2.05, 4.69) is 24.3 Å². The van der Waals surface area contributed by atoms with Crippen LogP contribution >= 0.6 is 0 Å². The fourth-order valence-electron chi connectivity index (χ4n) is 4.82. The van der Waals surface area contributed by atoms with Crippen molar-refractivity contribution in [1.29, 1.82) is 0 Å². The van der Waals surface area contributed by atoms with E-state index in [1.165, 1.54) is 28.2 Å². The van der Waals surface area contributed by atoms with Gasteiger partial charge >= 0.3 is 12.1 Å². The van der Waals surface area contributed by atoms with Crippen LogP contribution < -0.4 is 9.64 Å². The highest BCUT2D eigenvalue weighted by Crippen LogP contribution is 2.49. The molecule has 1 aliphatic heterocycles. The molecule has 0 radical (unpaired) electrons. The molecule has 1 spiro atoms. The number of ether oxygens (including phenoxy) is 2. The van der Waals surface area contributed by atoms with Gasteiger partial charge in [0.25, 0.3) is 0 Å². The molecule has 3 aromatic rings. The predicted molar refractivity (Wildman–Crippen MR) is 118 cm³/mol. The number of amides is 1. The second-order valence-electron chi connectivity index (χ2n) is 8.66. The fourth-order valence-corrected chi connectivity index (χ4v) is 4.82. The monoisotopic (exact) mass is 427 g/mol. The van der Waals surface area contributed by atoms with Gasteiger partial charge in [-0.2, -0.15) is 0 Å². The minimum absolute atomic E-state index is 0.0351. The first-order valence-electron chi connectivity index (χ1n) is 10.7. The summed E-state index contributed by atoms with van der Waals surface area (Å²) in [6, 6.07) is 21.0. The average Bonchev–Trinajstić information content (AvgIpc) is 3.48. The number of carboxylic acids is 1. The summed E-state index contributed by atoms with van der Waals surface area (Å²) in [4.78, 5) is 26.2. The first kappa shape index (κ1) is 18.9. The molecule has 6 rings (SSSR count). The summed E-state index contributed by atoms with van der Waals surface area (Å²) in [6.45, 7) is 0.574. The summed E-state index contributed by atoms with van der Waals surface area (Å²) in [5.41, 5.74) is 4.80. The molecular weight excluding hydrogens is 406 g/mol. The number of nitrogens with zero attached hydrogens (tertiary/aromatic N) is 1. The molecule has 1 N–H and O–H groups in total. The van der Waals surface area contributed by atoms with E-state index >= 15 is 0 Å². The van der Waals surface area contributed by atoms with Crippen LogP contribution in [0.5, 0.6) is 5.75 Å². The molecule has 3 aromatic carbocycles.